The van der Waals surface area contributed by atoms with Crippen molar-refractivity contribution in [2.24, 2.45) is 0 Å². The van der Waals surface area contributed by atoms with Gasteiger partial charge in [0.25, 0.3) is 0 Å². The Morgan fingerprint density at radius 1 is 0.441 bits per heavy atom. The molecular formula is C33H21N. The van der Waals surface area contributed by atoms with Crippen molar-refractivity contribution in [2.75, 3.05) is 0 Å². The molecule has 0 fully saturated rings. The van der Waals surface area contributed by atoms with Crippen LogP contribution in [-0.2, 0) is 6.42 Å². The molecule has 0 N–H and O–H groups in total. The molecule has 0 amide bonds. The van der Waals surface area contributed by atoms with Crippen molar-refractivity contribution in [3.05, 3.63) is 126 Å². The van der Waals surface area contributed by atoms with Gasteiger partial charge in [-0.15, -0.1) is 0 Å². The third-order valence-corrected chi connectivity index (χ3v) is 7.62. The van der Waals surface area contributed by atoms with Crippen LogP contribution in [0.5, 0.6) is 0 Å². The second-order valence-corrected chi connectivity index (χ2v) is 9.30. The van der Waals surface area contributed by atoms with Crippen LogP contribution in [0.15, 0.2) is 115 Å². The SMILES string of the molecule is c1ccc(-n2c3ccccc3c3c4c(ccc32)-c2c(c3ccccc3c3ccccc23)C4)cc1. The van der Waals surface area contributed by atoms with Gasteiger partial charge in [0.1, 0.15) is 0 Å². The number of nitrogens with zero attached hydrogens (tertiary/aromatic N) is 1. The summed E-state index contributed by atoms with van der Waals surface area (Å²) in [4.78, 5) is 0. The van der Waals surface area contributed by atoms with Gasteiger partial charge in [0.15, 0.2) is 0 Å². The predicted octanol–water partition coefficient (Wildman–Crippen LogP) is 8.66. The van der Waals surface area contributed by atoms with Crippen LogP contribution in [0.25, 0.3) is 60.2 Å². The number of hydrogen-bond donors (Lipinski definition) is 0. The summed E-state index contributed by atoms with van der Waals surface area (Å²) < 4.78 is 2.42. The molecule has 8 rings (SSSR count). The zero-order chi connectivity index (χ0) is 22.2. The van der Waals surface area contributed by atoms with Crippen LogP contribution in [0.3, 0.4) is 0 Å². The minimum Gasteiger partial charge on any atom is -0.309 e. The van der Waals surface area contributed by atoms with E-state index in [4.69, 9.17) is 0 Å². The van der Waals surface area contributed by atoms with Gasteiger partial charge in [-0.1, -0.05) is 91.0 Å². The minimum atomic E-state index is 0.968. The maximum atomic E-state index is 2.42. The van der Waals surface area contributed by atoms with Crippen molar-refractivity contribution in [3.63, 3.8) is 0 Å². The van der Waals surface area contributed by atoms with E-state index in [0.717, 1.165) is 6.42 Å². The van der Waals surface area contributed by atoms with Gasteiger partial charge in [0, 0.05) is 16.5 Å². The Morgan fingerprint density at radius 2 is 1.06 bits per heavy atom. The van der Waals surface area contributed by atoms with Crippen LogP contribution < -0.4 is 0 Å². The highest BCUT2D eigenvalue weighted by molar-refractivity contribution is 6.20. The Morgan fingerprint density at radius 3 is 1.85 bits per heavy atom. The number of rotatable bonds is 1. The van der Waals surface area contributed by atoms with Gasteiger partial charge in [-0.05, 0) is 74.5 Å². The van der Waals surface area contributed by atoms with Gasteiger partial charge in [-0.2, -0.15) is 0 Å². The maximum Gasteiger partial charge on any atom is 0.0544 e. The number of fused-ring (bicyclic) bond motifs is 12. The van der Waals surface area contributed by atoms with E-state index in [1.54, 1.807) is 0 Å². The molecule has 0 radical (unpaired) electrons. The zero-order valence-electron chi connectivity index (χ0n) is 18.6. The molecule has 0 saturated carbocycles. The molecule has 158 valence electrons. The zero-order valence-corrected chi connectivity index (χ0v) is 18.6. The van der Waals surface area contributed by atoms with Crippen LogP contribution in [0.2, 0.25) is 0 Å². The molecule has 1 aliphatic rings. The second-order valence-electron chi connectivity index (χ2n) is 9.30. The van der Waals surface area contributed by atoms with E-state index in [2.05, 4.69) is 120 Å². The predicted molar refractivity (Wildman–Crippen MR) is 144 cm³/mol. The standard InChI is InChI=1S/C33H21N/c1-2-10-21(11-3-1)34-30-17-9-8-16-27(30)33-29-20-28-24-14-5-4-12-22(24)23-13-6-7-15-25(23)32(28)26(29)18-19-31(33)34/h1-19H,20H2. The molecular weight excluding hydrogens is 410 g/mol. The first-order valence-electron chi connectivity index (χ1n) is 11.9. The molecule has 1 aromatic heterocycles. The number of para-hydroxylation sites is 2. The fraction of sp³-hybridized carbons (Fsp3) is 0.0303. The first kappa shape index (κ1) is 18.1. The number of hydrogen-bond acceptors (Lipinski definition) is 0. The molecule has 1 heterocycles. The summed E-state index contributed by atoms with van der Waals surface area (Å²) in [6, 6.07) is 42.1. The second kappa shape index (κ2) is 6.59. The van der Waals surface area contributed by atoms with Gasteiger partial charge < -0.3 is 4.57 Å². The van der Waals surface area contributed by atoms with Crippen LogP contribution in [0.1, 0.15) is 11.1 Å². The summed E-state index contributed by atoms with van der Waals surface area (Å²) in [6.45, 7) is 0. The lowest BCUT2D eigenvalue weighted by Gasteiger charge is -2.12. The van der Waals surface area contributed by atoms with E-state index in [1.165, 1.54) is 71.3 Å². The van der Waals surface area contributed by atoms with E-state index in [-0.39, 0.29) is 0 Å². The summed E-state index contributed by atoms with van der Waals surface area (Å²) >= 11 is 0. The molecule has 0 unspecified atom stereocenters. The molecule has 0 aliphatic heterocycles. The van der Waals surface area contributed by atoms with E-state index < -0.39 is 0 Å². The fourth-order valence-electron chi connectivity index (χ4n) is 6.29. The Balaban J connectivity index is 1.54. The molecule has 0 saturated heterocycles. The summed E-state index contributed by atoms with van der Waals surface area (Å²) in [5.41, 5.74) is 9.49. The Hall–Kier alpha value is -4.36. The van der Waals surface area contributed by atoms with Crippen molar-refractivity contribution in [3.8, 4) is 16.8 Å². The Bertz CT molecular complexity index is 1920. The highest BCUT2D eigenvalue weighted by Crippen LogP contribution is 2.49. The highest BCUT2D eigenvalue weighted by atomic mass is 15.0. The summed E-state index contributed by atoms with van der Waals surface area (Å²) in [7, 11) is 0. The first-order chi connectivity index (χ1) is 16.9. The highest BCUT2D eigenvalue weighted by Gasteiger charge is 2.27. The average molecular weight is 432 g/mol. The van der Waals surface area contributed by atoms with Crippen LogP contribution in [0.4, 0.5) is 0 Å². The molecule has 1 nitrogen and oxygen atoms in total. The topological polar surface area (TPSA) is 4.93 Å². The Kier molecular flexibility index (Phi) is 3.51. The van der Waals surface area contributed by atoms with Crippen molar-refractivity contribution in [1.29, 1.82) is 0 Å². The van der Waals surface area contributed by atoms with Gasteiger partial charge >= 0.3 is 0 Å². The third kappa shape index (κ3) is 2.24. The minimum absolute atomic E-state index is 0.968. The summed E-state index contributed by atoms with van der Waals surface area (Å²) in [5.74, 6) is 0. The van der Waals surface area contributed by atoms with Gasteiger partial charge in [-0.25, -0.2) is 0 Å². The average Bonchev–Trinajstić information content (AvgIpc) is 3.46. The molecule has 1 heteroatoms. The fourth-order valence-corrected chi connectivity index (χ4v) is 6.29. The molecule has 0 bridgehead atoms. The van der Waals surface area contributed by atoms with Gasteiger partial charge in [0.05, 0.1) is 11.0 Å². The van der Waals surface area contributed by atoms with Crippen LogP contribution in [-0.4, -0.2) is 4.57 Å². The summed E-state index contributed by atoms with van der Waals surface area (Å²) in [5, 5.41) is 8.17. The largest absolute Gasteiger partial charge is 0.309 e. The molecule has 0 spiro atoms. The van der Waals surface area contributed by atoms with Crippen LogP contribution in [0, 0.1) is 0 Å². The van der Waals surface area contributed by atoms with Crippen molar-refractivity contribution < 1.29 is 0 Å². The lowest BCUT2D eigenvalue weighted by molar-refractivity contribution is 1.18. The van der Waals surface area contributed by atoms with Gasteiger partial charge in [-0.3, -0.25) is 0 Å². The van der Waals surface area contributed by atoms with E-state index in [0.29, 0.717) is 0 Å². The maximum absolute atomic E-state index is 2.42. The Labute approximate surface area is 197 Å². The van der Waals surface area contributed by atoms with Crippen molar-refractivity contribution >= 4 is 43.4 Å². The third-order valence-electron chi connectivity index (χ3n) is 7.62. The monoisotopic (exact) mass is 431 g/mol. The molecule has 7 aromatic rings. The smallest absolute Gasteiger partial charge is 0.0544 e. The summed E-state index contributed by atoms with van der Waals surface area (Å²) in [6.07, 6.45) is 0.968. The normalized spacial score (nSPS) is 12.6. The van der Waals surface area contributed by atoms with E-state index in [1.807, 2.05) is 0 Å². The molecule has 1 aliphatic carbocycles. The van der Waals surface area contributed by atoms with E-state index in [9.17, 15) is 0 Å². The first-order valence-corrected chi connectivity index (χ1v) is 11.9. The lowest BCUT2D eigenvalue weighted by atomic mass is 9.92. The quantitative estimate of drug-likeness (QED) is 0.229. The lowest BCUT2D eigenvalue weighted by Crippen LogP contribution is -1.93. The number of aromatic nitrogens is 1. The molecule has 34 heavy (non-hydrogen) atoms. The van der Waals surface area contributed by atoms with Gasteiger partial charge in [0.2, 0.25) is 0 Å². The van der Waals surface area contributed by atoms with Crippen molar-refractivity contribution in [2.45, 2.75) is 6.42 Å². The molecule has 6 aromatic carbocycles. The van der Waals surface area contributed by atoms with Crippen molar-refractivity contribution in [1.82, 2.24) is 4.57 Å². The number of benzene rings is 6. The van der Waals surface area contributed by atoms with E-state index >= 15 is 0 Å². The molecule has 0 atom stereocenters. The van der Waals surface area contributed by atoms with Crippen LogP contribution >= 0.6 is 0 Å².